The molecule has 0 bridgehead atoms. The molecule has 0 amide bonds. The van der Waals surface area contributed by atoms with E-state index in [1.54, 1.807) is 12.1 Å². The summed E-state index contributed by atoms with van der Waals surface area (Å²) in [6.45, 7) is 0. The Morgan fingerprint density at radius 3 is 2.72 bits per heavy atom. The van der Waals surface area contributed by atoms with Crippen molar-refractivity contribution in [2.45, 2.75) is 19.3 Å². The lowest BCUT2D eigenvalue weighted by atomic mass is 10.2. The predicted octanol–water partition coefficient (Wildman–Crippen LogP) is 2.82. The molecule has 0 aliphatic carbocycles. The normalized spacial score (nSPS) is 9.89. The quantitative estimate of drug-likeness (QED) is 0.251. The number of benzene rings is 1. The van der Waals surface area contributed by atoms with Gasteiger partial charge in [-0.15, -0.1) is 11.6 Å². The summed E-state index contributed by atoms with van der Waals surface area (Å²) < 4.78 is 10.2. The van der Waals surface area contributed by atoms with E-state index in [4.69, 9.17) is 21.1 Å². The molecule has 0 unspecified atom stereocenters. The number of hydrogen-bond donors (Lipinski definition) is 0. The lowest BCUT2D eigenvalue weighted by molar-refractivity contribution is -0.134. The summed E-state index contributed by atoms with van der Waals surface area (Å²) in [6.07, 6.45) is 2.48. The van der Waals surface area contributed by atoms with Gasteiger partial charge in [-0.05, 0) is 31.0 Å². The van der Waals surface area contributed by atoms with Crippen LogP contribution in [0.15, 0.2) is 18.2 Å². The number of unbranched alkanes of at least 4 members (excludes halogenated alkanes) is 1. The van der Waals surface area contributed by atoms with Gasteiger partial charge >= 0.3 is 5.97 Å². The van der Waals surface area contributed by atoms with Crippen LogP contribution in [0, 0.1) is 0 Å². The zero-order valence-electron chi connectivity index (χ0n) is 10.1. The fourth-order valence-corrected chi connectivity index (χ4v) is 1.57. The van der Waals surface area contributed by atoms with Gasteiger partial charge in [0.2, 0.25) is 0 Å². The molecule has 18 heavy (non-hydrogen) atoms. The number of carbonyl (C=O) groups is 2. The van der Waals surface area contributed by atoms with Crippen LogP contribution in [0.2, 0.25) is 0 Å². The average molecular weight is 271 g/mol. The largest absolute Gasteiger partial charge is 0.493 e. The molecule has 1 aromatic carbocycles. The van der Waals surface area contributed by atoms with Crippen molar-refractivity contribution in [1.82, 2.24) is 0 Å². The van der Waals surface area contributed by atoms with Crippen molar-refractivity contribution in [3.63, 3.8) is 0 Å². The highest BCUT2D eigenvalue weighted by Gasteiger charge is 2.10. The molecule has 1 rings (SSSR count). The van der Waals surface area contributed by atoms with Crippen molar-refractivity contribution in [1.29, 1.82) is 0 Å². The van der Waals surface area contributed by atoms with Gasteiger partial charge in [-0.1, -0.05) is 0 Å². The smallest absolute Gasteiger partial charge is 0.311 e. The van der Waals surface area contributed by atoms with Gasteiger partial charge in [0.05, 0.1) is 7.11 Å². The molecule has 0 saturated heterocycles. The highest BCUT2D eigenvalue weighted by atomic mass is 35.5. The van der Waals surface area contributed by atoms with Crippen LogP contribution in [0.4, 0.5) is 0 Å². The monoisotopic (exact) mass is 270 g/mol. The Hall–Kier alpha value is -1.55. The first-order valence-corrected chi connectivity index (χ1v) is 6.14. The molecule has 0 aliphatic heterocycles. The van der Waals surface area contributed by atoms with Gasteiger partial charge < -0.3 is 9.47 Å². The third-order valence-electron chi connectivity index (χ3n) is 2.31. The third-order valence-corrected chi connectivity index (χ3v) is 2.58. The number of carbonyl (C=O) groups excluding carboxylic acids is 2. The molecule has 0 aromatic heterocycles. The Morgan fingerprint density at radius 1 is 1.33 bits per heavy atom. The first-order chi connectivity index (χ1) is 8.71. The summed E-state index contributed by atoms with van der Waals surface area (Å²) in [6, 6.07) is 4.63. The SMILES string of the molecule is COc1cc(C=O)ccc1OC(=O)CCCCCl. The van der Waals surface area contributed by atoms with Gasteiger partial charge in [0, 0.05) is 17.9 Å². The van der Waals surface area contributed by atoms with Crippen molar-refractivity contribution < 1.29 is 19.1 Å². The van der Waals surface area contributed by atoms with Gasteiger partial charge in [0.1, 0.15) is 6.29 Å². The van der Waals surface area contributed by atoms with Gasteiger partial charge in [-0.2, -0.15) is 0 Å². The lowest BCUT2D eigenvalue weighted by Gasteiger charge is -2.09. The topological polar surface area (TPSA) is 52.6 Å². The fraction of sp³-hybridized carbons (Fsp3) is 0.385. The Balaban J connectivity index is 2.65. The summed E-state index contributed by atoms with van der Waals surface area (Å²) in [7, 11) is 1.45. The van der Waals surface area contributed by atoms with Gasteiger partial charge in [-0.25, -0.2) is 0 Å². The van der Waals surface area contributed by atoms with E-state index < -0.39 is 0 Å². The summed E-state index contributed by atoms with van der Waals surface area (Å²) in [5.41, 5.74) is 0.466. The highest BCUT2D eigenvalue weighted by molar-refractivity contribution is 6.17. The fourth-order valence-electron chi connectivity index (χ4n) is 1.38. The molecule has 0 aliphatic rings. The number of hydrogen-bond acceptors (Lipinski definition) is 4. The maximum Gasteiger partial charge on any atom is 0.311 e. The molecule has 1 aromatic rings. The Morgan fingerprint density at radius 2 is 2.11 bits per heavy atom. The first kappa shape index (κ1) is 14.5. The second-order valence-electron chi connectivity index (χ2n) is 3.65. The summed E-state index contributed by atoms with van der Waals surface area (Å²) in [5, 5.41) is 0. The van der Waals surface area contributed by atoms with E-state index in [1.165, 1.54) is 13.2 Å². The molecule has 5 heteroatoms. The van der Waals surface area contributed by atoms with Crippen LogP contribution in [0.1, 0.15) is 29.6 Å². The lowest BCUT2D eigenvalue weighted by Crippen LogP contribution is -2.08. The van der Waals surface area contributed by atoms with Crippen molar-refractivity contribution >= 4 is 23.9 Å². The zero-order chi connectivity index (χ0) is 13.4. The standard InChI is InChI=1S/C13H15ClO4/c1-17-12-8-10(9-15)5-6-11(12)18-13(16)4-2-3-7-14/h5-6,8-9H,2-4,7H2,1H3. The van der Waals surface area contributed by atoms with Crippen LogP contribution in [-0.4, -0.2) is 25.2 Å². The number of halogens is 1. The minimum Gasteiger partial charge on any atom is -0.493 e. The second-order valence-corrected chi connectivity index (χ2v) is 4.03. The van der Waals surface area contributed by atoms with E-state index in [2.05, 4.69) is 0 Å². The average Bonchev–Trinajstić information content (AvgIpc) is 2.39. The van der Waals surface area contributed by atoms with Gasteiger partial charge in [0.25, 0.3) is 0 Å². The molecule has 98 valence electrons. The van der Waals surface area contributed by atoms with Gasteiger partial charge in [-0.3, -0.25) is 9.59 Å². The summed E-state index contributed by atoms with van der Waals surface area (Å²) in [4.78, 5) is 22.1. The minimum absolute atomic E-state index is 0.311. The molecule has 4 nitrogen and oxygen atoms in total. The van der Waals surface area contributed by atoms with E-state index >= 15 is 0 Å². The number of aldehydes is 1. The molecular formula is C13H15ClO4. The Kier molecular flexibility index (Phi) is 6.22. The van der Waals surface area contributed by atoms with Crippen LogP contribution in [0.25, 0.3) is 0 Å². The molecule has 0 saturated carbocycles. The van der Waals surface area contributed by atoms with E-state index in [0.717, 1.165) is 6.42 Å². The maximum absolute atomic E-state index is 11.5. The van der Waals surface area contributed by atoms with E-state index in [0.29, 0.717) is 42.1 Å². The van der Waals surface area contributed by atoms with Crippen molar-refractivity contribution in [3.8, 4) is 11.5 Å². The minimum atomic E-state index is -0.336. The molecule has 0 heterocycles. The van der Waals surface area contributed by atoms with Crippen LogP contribution < -0.4 is 9.47 Å². The van der Waals surface area contributed by atoms with E-state index in [-0.39, 0.29) is 5.97 Å². The van der Waals surface area contributed by atoms with Crippen LogP contribution >= 0.6 is 11.6 Å². The molecule has 0 atom stereocenters. The highest BCUT2D eigenvalue weighted by Crippen LogP contribution is 2.28. The Labute approximate surface area is 111 Å². The van der Waals surface area contributed by atoms with E-state index in [9.17, 15) is 9.59 Å². The molecule has 0 spiro atoms. The van der Waals surface area contributed by atoms with Crippen LogP contribution in [0.3, 0.4) is 0 Å². The summed E-state index contributed by atoms with van der Waals surface area (Å²) >= 11 is 5.52. The molecule has 0 radical (unpaired) electrons. The zero-order valence-corrected chi connectivity index (χ0v) is 10.9. The van der Waals surface area contributed by atoms with Crippen LogP contribution in [0.5, 0.6) is 11.5 Å². The molecule has 0 fully saturated rings. The summed E-state index contributed by atoms with van der Waals surface area (Å²) in [5.74, 6) is 0.881. The number of methoxy groups -OCH3 is 1. The van der Waals surface area contributed by atoms with Crippen molar-refractivity contribution in [2.24, 2.45) is 0 Å². The number of esters is 1. The number of ether oxygens (including phenoxy) is 2. The third kappa shape index (κ3) is 4.37. The Bertz CT molecular complexity index is 417. The number of rotatable bonds is 7. The second kappa shape index (κ2) is 7.71. The predicted molar refractivity (Wildman–Crippen MR) is 68.6 cm³/mol. The van der Waals surface area contributed by atoms with E-state index in [1.807, 2.05) is 0 Å². The van der Waals surface area contributed by atoms with Crippen LogP contribution in [-0.2, 0) is 4.79 Å². The maximum atomic E-state index is 11.5. The molecular weight excluding hydrogens is 256 g/mol. The number of alkyl halides is 1. The molecule has 0 N–H and O–H groups in total. The van der Waals surface area contributed by atoms with Gasteiger partial charge in [0.15, 0.2) is 11.5 Å². The van der Waals surface area contributed by atoms with Crippen molar-refractivity contribution in [2.75, 3.05) is 13.0 Å². The first-order valence-electron chi connectivity index (χ1n) is 5.61. The van der Waals surface area contributed by atoms with Crippen molar-refractivity contribution in [3.05, 3.63) is 23.8 Å².